The number of hydrogen-bond acceptors (Lipinski definition) is 2. The zero-order valence-electron chi connectivity index (χ0n) is 29.9. The van der Waals surface area contributed by atoms with E-state index in [9.17, 15) is 0 Å². The summed E-state index contributed by atoms with van der Waals surface area (Å²) in [5.41, 5.74) is 17.2. The van der Waals surface area contributed by atoms with E-state index in [1.807, 2.05) is 22.7 Å². The second-order valence-electron chi connectivity index (χ2n) is 14.2. The third-order valence-corrected chi connectivity index (χ3v) is 17.1. The Morgan fingerprint density at radius 2 is 0.882 bits per heavy atom. The molecule has 2 atom stereocenters. The number of fused-ring (bicyclic) bond motifs is 2. The van der Waals surface area contributed by atoms with Crippen LogP contribution in [-0.4, -0.2) is 0 Å². The molecule has 0 spiro atoms. The van der Waals surface area contributed by atoms with Crippen LogP contribution < -0.4 is 24.8 Å². The van der Waals surface area contributed by atoms with Gasteiger partial charge in [0, 0.05) is 0 Å². The van der Waals surface area contributed by atoms with Crippen molar-refractivity contribution in [3.8, 4) is 22.3 Å². The monoisotopic (exact) mass is 818 g/mol. The molecule has 0 aliphatic heterocycles. The van der Waals surface area contributed by atoms with Gasteiger partial charge in [-0.2, -0.15) is 0 Å². The minimum atomic E-state index is -1.17. The van der Waals surface area contributed by atoms with Crippen molar-refractivity contribution in [1.82, 2.24) is 0 Å². The molecule has 0 bridgehead atoms. The molecule has 0 radical (unpaired) electrons. The van der Waals surface area contributed by atoms with Gasteiger partial charge in [0.25, 0.3) is 0 Å². The van der Waals surface area contributed by atoms with Crippen LogP contribution in [0, 0.1) is 13.8 Å². The quantitative estimate of drug-likeness (QED) is 0.146. The van der Waals surface area contributed by atoms with Crippen molar-refractivity contribution in [2.75, 3.05) is 0 Å². The van der Waals surface area contributed by atoms with Crippen molar-refractivity contribution < 1.29 is 48.0 Å². The second-order valence-corrected chi connectivity index (χ2v) is 20.5. The van der Waals surface area contributed by atoms with Gasteiger partial charge in [-0.15, -0.1) is 0 Å². The van der Waals surface area contributed by atoms with E-state index in [1.54, 1.807) is 11.1 Å². The first-order valence-corrected chi connectivity index (χ1v) is 22.0. The Morgan fingerprint density at radius 3 is 1.22 bits per heavy atom. The minimum Gasteiger partial charge on any atom is -1.00 e. The maximum Gasteiger partial charge on any atom is -1.00 e. The van der Waals surface area contributed by atoms with E-state index < -0.39 is 23.2 Å². The topological polar surface area (TPSA) is 0 Å². The molecule has 256 valence electrons. The fourth-order valence-electron chi connectivity index (χ4n) is 7.54. The Bertz CT molecular complexity index is 2070. The summed E-state index contributed by atoms with van der Waals surface area (Å²) >= 11 is 2.75. The summed E-state index contributed by atoms with van der Waals surface area (Å²) in [6, 6.07) is 42.2. The Morgan fingerprint density at radius 1 is 0.490 bits per heavy atom. The first-order valence-electron chi connectivity index (χ1n) is 17.5. The molecule has 51 heavy (non-hydrogen) atoms. The molecule has 0 amide bonds. The predicted molar refractivity (Wildman–Crippen MR) is 211 cm³/mol. The summed E-state index contributed by atoms with van der Waals surface area (Å²) in [5, 5.41) is 0. The largest absolute Gasteiger partial charge is 1.00 e. The Balaban J connectivity index is 0.00000224. The van der Waals surface area contributed by atoms with Crippen LogP contribution in [0.5, 0.6) is 0 Å². The van der Waals surface area contributed by atoms with E-state index in [-0.39, 0.29) is 24.8 Å². The third-order valence-electron chi connectivity index (χ3n) is 10.3. The van der Waals surface area contributed by atoms with Crippen LogP contribution in [0.2, 0.25) is 0 Å². The van der Waals surface area contributed by atoms with Gasteiger partial charge in [-0.1, -0.05) is 0 Å². The summed E-state index contributed by atoms with van der Waals surface area (Å²) in [6.45, 7) is 13.6. The van der Waals surface area contributed by atoms with Crippen molar-refractivity contribution in [3.05, 3.63) is 162 Å². The molecule has 2 aliphatic rings. The predicted octanol–water partition coefficient (Wildman–Crippen LogP) is 7.99. The maximum absolute atomic E-state index is 2.57. The van der Waals surface area contributed by atoms with Crippen molar-refractivity contribution in [2.24, 2.45) is 0 Å². The van der Waals surface area contributed by atoms with Gasteiger partial charge in [-0.05, 0) is 0 Å². The molecule has 5 heteroatoms. The van der Waals surface area contributed by atoms with Gasteiger partial charge in [0.05, 0.1) is 0 Å². The van der Waals surface area contributed by atoms with E-state index in [1.165, 1.54) is 75.1 Å². The van der Waals surface area contributed by atoms with E-state index in [2.05, 4.69) is 163 Å². The standard InChI is InChI=1S/2C23H21S.2ClH.Zr/c2*1-15(2)17-8-10-18(11-9-17)21-6-4-5-19-13-20(14-22(19)21)23-12-7-16(3)24-23;;;/h2*4-15H,1-3H3;2*1H;/q;;;;+2/p-2. The van der Waals surface area contributed by atoms with Gasteiger partial charge in [0.15, 0.2) is 0 Å². The minimum absolute atomic E-state index is 0. The van der Waals surface area contributed by atoms with Crippen molar-refractivity contribution in [2.45, 2.75) is 60.6 Å². The Labute approximate surface area is 336 Å². The number of hydrogen-bond donors (Lipinski definition) is 0. The summed E-state index contributed by atoms with van der Waals surface area (Å²) in [4.78, 5) is 5.65. The smallest absolute Gasteiger partial charge is 1.00 e. The molecule has 2 aliphatic carbocycles. The molecular weight excluding hydrogens is 779 g/mol. The average molecular weight is 821 g/mol. The van der Waals surface area contributed by atoms with E-state index in [4.69, 9.17) is 0 Å². The van der Waals surface area contributed by atoms with Crippen molar-refractivity contribution >= 4 is 46.0 Å². The number of allylic oxidation sites excluding steroid dienone is 2. The maximum atomic E-state index is 2.57. The molecule has 0 N–H and O–H groups in total. The zero-order valence-corrected chi connectivity index (χ0v) is 35.5. The molecule has 2 heterocycles. The summed E-state index contributed by atoms with van der Waals surface area (Å²) < 4.78 is 0.946. The first-order chi connectivity index (χ1) is 23.7. The first kappa shape index (κ1) is 38.0. The van der Waals surface area contributed by atoms with E-state index in [0.29, 0.717) is 19.1 Å². The molecule has 0 nitrogen and oxygen atoms in total. The number of thiophene rings is 2. The average Bonchev–Trinajstić information content (AvgIpc) is 3.90. The molecular formula is C46H42Cl2S2Zr. The van der Waals surface area contributed by atoms with Gasteiger partial charge < -0.3 is 24.8 Å². The number of aryl methyl sites for hydroxylation is 2. The molecule has 6 aromatic rings. The van der Waals surface area contributed by atoms with Crippen molar-refractivity contribution in [1.29, 1.82) is 0 Å². The van der Waals surface area contributed by atoms with E-state index >= 15 is 0 Å². The summed E-state index contributed by atoms with van der Waals surface area (Å²) in [7, 11) is 0. The normalized spacial score (nSPS) is 15.8. The summed E-state index contributed by atoms with van der Waals surface area (Å²) in [6.07, 6.45) is 5.14. The number of benzene rings is 4. The molecule has 8 rings (SSSR count). The molecule has 0 saturated carbocycles. The van der Waals surface area contributed by atoms with E-state index in [0.717, 1.165) is 0 Å². The van der Waals surface area contributed by atoms with Gasteiger partial charge in [-0.3, -0.25) is 0 Å². The van der Waals surface area contributed by atoms with Crippen molar-refractivity contribution in [3.63, 3.8) is 0 Å². The van der Waals surface area contributed by atoms with Gasteiger partial charge in [0.1, 0.15) is 0 Å². The fourth-order valence-corrected chi connectivity index (χ4v) is 14.9. The molecule has 0 saturated heterocycles. The van der Waals surface area contributed by atoms with Crippen LogP contribution in [0.1, 0.15) is 99.7 Å². The molecule has 2 aromatic heterocycles. The number of halogens is 2. The van der Waals surface area contributed by atoms with Crippen LogP contribution in [0.3, 0.4) is 0 Å². The van der Waals surface area contributed by atoms with Crippen LogP contribution >= 0.6 is 22.7 Å². The van der Waals surface area contributed by atoms with Crippen LogP contribution in [0.25, 0.3) is 45.6 Å². The zero-order chi connectivity index (χ0) is 33.8. The van der Waals surface area contributed by atoms with Crippen LogP contribution in [0.15, 0.2) is 109 Å². The third kappa shape index (κ3) is 7.27. The Hall–Kier alpha value is -2.78. The molecule has 4 aromatic carbocycles. The van der Waals surface area contributed by atoms with Gasteiger partial charge in [0.2, 0.25) is 0 Å². The molecule has 2 unspecified atom stereocenters. The Kier molecular flexibility index (Phi) is 11.7. The van der Waals surface area contributed by atoms with Gasteiger partial charge >= 0.3 is 314 Å². The fraction of sp³-hybridized carbons (Fsp3) is 0.217. The molecule has 0 fully saturated rings. The second kappa shape index (κ2) is 15.7. The SMILES string of the molecule is Cc1ccc(C2=Cc3c(-c4ccc(C(C)C)cc4)cccc3[CH]2[Zr+2][CH]2C(c3ccc(C)s3)=Cc3c(-c4ccc(C(C)C)cc4)cccc32)s1.[Cl-].[Cl-]. The van der Waals surface area contributed by atoms with Crippen LogP contribution in [0.4, 0.5) is 0 Å². The number of rotatable bonds is 8. The van der Waals surface area contributed by atoms with Gasteiger partial charge in [-0.25, -0.2) is 0 Å². The summed E-state index contributed by atoms with van der Waals surface area (Å²) in [5.74, 6) is 1.06. The van der Waals surface area contributed by atoms with Crippen LogP contribution in [-0.2, 0) is 23.2 Å².